The van der Waals surface area contributed by atoms with Gasteiger partial charge in [-0.05, 0) is 11.8 Å². The number of hydrogen-bond donors (Lipinski definition) is 1. The molecule has 0 bridgehead atoms. The van der Waals surface area contributed by atoms with Crippen LogP contribution in [0.15, 0.2) is 0 Å². The third kappa shape index (κ3) is 4.75. The van der Waals surface area contributed by atoms with E-state index in [2.05, 4.69) is 0 Å². The average molecular weight is 263 g/mol. The minimum atomic E-state index is -3.02. The van der Waals surface area contributed by atoms with Crippen LogP contribution in [0.3, 0.4) is 0 Å². The smallest absolute Gasteiger partial charge is 0.376 e. The van der Waals surface area contributed by atoms with Crippen LogP contribution in [0.25, 0.3) is 0 Å². The lowest BCUT2D eigenvalue weighted by atomic mass is 9.99. The average Bonchev–Trinajstić information content (AvgIpc) is 2.22. The summed E-state index contributed by atoms with van der Waals surface area (Å²) in [6.45, 7) is 8.47. The Bertz CT molecular complexity index is 248. The largest absolute Gasteiger partial charge is 0.513 e. The van der Waals surface area contributed by atoms with Crippen molar-refractivity contribution < 1.29 is 18.1 Å². The fourth-order valence-electron chi connectivity index (χ4n) is 1.53. The molecule has 0 aliphatic carbocycles. The van der Waals surface area contributed by atoms with Gasteiger partial charge >= 0.3 is 8.80 Å². The van der Waals surface area contributed by atoms with Crippen molar-refractivity contribution in [2.24, 2.45) is 11.1 Å². The summed E-state index contributed by atoms with van der Waals surface area (Å²) in [6, 6.07) is 0. The van der Waals surface area contributed by atoms with Gasteiger partial charge in [-0.1, -0.05) is 27.7 Å². The second-order valence-electron chi connectivity index (χ2n) is 5.22. The topological polar surface area (TPSA) is 70.8 Å². The fraction of sp³-hybridized carbons (Fsp3) is 0.909. The number of primary amides is 1. The molecule has 6 heteroatoms. The van der Waals surface area contributed by atoms with Crippen molar-refractivity contribution >= 4 is 14.7 Å². The van der Waals surface area contributed by atoms with Crippen LogP contribution < -0.4 is 5.73 Å². The molecule has 0 saturated carbocycles. The highest BCUT2D eigenvalue weighted by Crippen LogP contribution is 2.29. The molecule has 0 aliphatic heterocycles. The van der Waals surface area contributed by atoms with Crippen molar-refractivity contribution in [2.75, 3.05) is 20.8 Å². The van der Waals surface area contributed by atoms with Gasteiger partial charge in [-0.25, -0.2) is 0 Å². The molecule has 0 rings (SSSR count). The number of carbonyl (C=O) groups is 1. The van der Waals surface area contributed by atoms with Crippen LogP contribution in [0.5, 0.6) is 0 Å². The lowest BCUT2D eigenvalue weighted by Crippen LogP contribution is -2.53. The maximum Gasteiger partial charge on any atom is 0.513 e. The van der Waals surface area contributed by atoms with Gasteiger partial charge in [-0.2, -0.15) is 0 Å². The summed E-state index contributed by atoms with van der Waals surface area (Å²) < 4.78 is 16.6. The third-order valence-corrected chi connectivity index (χ3v) is 5.68. The quantitative estimate of drug-likeness (QED) is 0.707. The molecule has 0 aromatic rings. The van der Waals surface area contributed by atoms with Crippen LogP contribution in [0.4, 0.5) is 0 Å². The molecule has 0 saturated heterocycles. The molecule has 0 aromatic carbocycles. The van der Waals surface area contributed by atoms with Crippen LogP contribution in [0, 0.1) is 5.41 Å². The predicted molar refractivity (Wildman–Crippen MR) is 68.4 cm³/mol. The lowest BCUT2D eigenvalue weighted by Gasteiger charge is -2.33. The molecule has 102 valence electrons. The Morgan fingerprint density at radius 3 is 2.00 bits per heavy atom. The van der Waals surface area contributed by atoms with Gasteiger partial charge in [0.05, 0.1) is 0 Å². The van der Waals surface area contributed by atoms with E-state index in [-0.39, 0.29) is 5.41 Å². The highest BCUT2D eigenvalue weighted by molar-refractivity contribution is 6.66. The molecule has 0 aliphatic rings. The number of nitrogens with two attached hydrogens (primary N) is 1. The van der Waals surface area contributed by atoms with Crippen LogP contribution >= 0.6 is 0 Å². The van der Waals surface area contributed by atoms with Crippen molar-refractivity contribution in [1.82, 2.24) is 0 Å². The van der Waals surface area contributed by atoms with Crippen molar-refractivity contribution in [3.8, 4) is 0 Å². The Morgan fingerprint density at radius 1 is 1.29 bits per heavy atom. The zero-order valence-electron chi connectivity index (χ0n) is 11.7. The summed E-state index contributed by atoms with van der Waals surface area (Å²) in [5.74, 6) is -0.434. The van der Waals surface area contributed by atoms with Crippen molar-refractivity contribution in [3.63, 3.8) is 0 Å². The summed E-state index contributed by atoms with van der Waals surface area (Å²) in [5, 5.41) is 0. The summed E-state index contributed by atoms with van der Waals surface area (Å²) in [7, 11) is -0.0124. The van der Waals surface area contributed by atoms with E-state index in [0.29, 0.717) is 13.0 Å². The van der Waals surface area contributed by atoms with Gasteiger partial charge in [-0.3, -0.25) is 4.79 Å². The number of carbonyl (C=O) groups excluding carboxylic acids is 1. The Kier molecular flexibility index (Phi) is 6.32. The summed E-state index contributed by atoms with van der Waals surface area (Å²) >= 11 is 0. The standard InChI is InChI=1S/C11H25NO4Si/c1-7-9(10(12)13)17(14-5,15-6)16-8-11(2,3)4/h9H,7-8H2,1-6H3,(H2,12,13). The first-order chi connectivity index (χ1) is 7.72. The lowest BCUT2D eigenvalue weighted by molar-refractivity contribution is -0.119. The number of amides is 1. The van der Waals surface area contributed by atoms with E-state index in [0.717, 1.165) is 0 Å². The molecule has 1 unspecified atom stereocenters. The number of rotatable bonds is 7. The maximum absolute atomic E-state index is 11.4. The predicted octanol–water partition coefficient (Wildman–Crippen LogP) is 1.55. The second-order valence-corrected chi connectivity index (χ2v) is 8.23. The highest BCUT2D eigenvalue weighted by Gasteiger charge is 2.51. The third-order valence-electron chi connectivity index (χ3n) is 2.45. The zero-order chi connectivity index (χ0) is 13.7. The van der Waals surface area contributed by atoms with E-state index in [1.54, 1.807) is 0 Å². The zero-order valence-corrected chi connectivity index (χ0v) is 12.7. The molecule has 0 heterocycles. The molecule has 5 nitrogen and oxygen atoms in total. The number of hydrogen-bond acceptors (Lipinski definition) is 4. The van der Waals surface area contributed by atoms with E-state index < -0.39 is 20.3 Å². The van der Waals surface area contributed by atoms with E-state index in [4.69, 9.17) is 19.0 Å². The first kappa shape index (κ1) is 16.6. The Hall–Kier alpha value is -0.433. The van der Waals surface area contributed by atoms with Crippen molar-refractivity contribution in [2.45, 2.75) is 39.7 Å². The van der Waals surface area contributed by atoms with E-state index in [9.17, 15) is 4.79 Å². The highest BCUT2D eigenvalue weighted by atomic mass is 28.4. The van der Waals surface area contributed by atoms with Gasteiger partial charge in [0, 0.05) is 20.8 Å². The molecular weight excluding hydrogens is 238 g/mol. The summed E-state index contributed by atoms with van der Waals surface area (Å²) in [6.07, 6.45) is 0.549. The van der Waals surface area contributed by atoms with Gasteiger partial charge in [0.15, 0.2) is 0 Å². The van der Waals surface area contributed by atoms with E-state index >= 15 is 0 Å². The fourth-order valence-corrected chi connectivity index (χ4v) is 4.18. The first-order valence-electron chi connectivity index (χ1n) is 5.76. The molecule has 0 fully saturated rings. The minimum absolute atomic E-state index is 0.0226. The van der Waals surface area contributed by atoms with Crippen LogP contribution in [-0.4, -0.2) is 35.5 Å². The normalized spacial score (nSPS) is 14.7. The first-order valence-corrected chi connectivity index (χ1v) is 7.56. The van der Waals surface area contributed by atoms with Gasteiger partial charge in [0.1, 0.15) is 5.54 Å². The molecular formula is C11H25NO4Si. The molecule has 2 N–H and O–H groups in total. The molecule has 0 aromatic heterocycles. The van der Waals surface area contributed by atoms with E-state index in [1.165, 1.54) is 14.2 Å². The van der Waals surface area contributed by atoms with Crippen LogP contribution in [0.2, 0.25) is 5.54 Å². The summed E-state index contributed by atoms with van der Waals surface area (Å²) in [5.41, 5.74) is 4.86. The van der Waals surface area contributed by atoms with Gasteiger partial charge in [0.25, 0.3) is 0 Å². The second kappa shape index (κ2) is 6.49. The molecule has 0 spiro atoms. The molecule has 17 heavy (non-hydrogen) atoms. The monoisotopic (exact) mass is 263 g/mol. The molecule has 1 atom stereocenters. The van der Waals surface area contributed by atoms with E-state index in [1.807, 2.05) is 27.7 Å². The summed E-state index contributed by atoms with van der Waals surface area (Å²) in [4.78, 5) is 11.4. The van der Waals surface area contributed by atoms with Crippen LogP contribution in [-0.2, 0) is 18.1 Å². The van der Waals surface area contributed by atoms with Gasteiger partial charge < -0.3 is 19.0 Å². The SMILES string of the molecule is CCC(C(N)=O)[Si](OC)(OC)OCC(C)(C)C. The minimum Gasteiger partial charge on any atom is -0.376 e. The Labute approximate surface area is 105 Å². The van der Waals surface area contributed by atoms with Crippen molar-refractivity contribution in [1.29, 1.82) is 0 Å². The van der Waals surface area contributed by atoms with Gasteiger partial charge in [0.2, 0.25) is 5.91 Å². The Morgan fingerprint density at radius 2 is 1.76 bits per heavy atom. The molecule has 0 radical (unpaired) electrons. The maximum atomic E-state index is 11.4. The van der Waals surface area contributed by atoms with Crippen molar-refractivity contribution in [3.05, 3.63) is 0 Å². The Balaban J connectivity index is 4.94. The molecule has 1 amide bonds. The van der Waals surface area contributed by atoms with Gasteiger partial charge in [-0.15, -0.1) is 0 Å². The van der Waals surface area contributed by atoms with Crippen LogP contribution in [0.1, 0.15) is 34.1 Å².